The van der Waals surface area contributed by atoms with Gasteiger partial charge in [-0.25, -0.2) is 4.52 Å². The predicted octanol–water partition coefficient (Wildman–Crippen LogP) is 4.01. The van der Waals surface area contributed by atoms with E-state index in [0.29, 0.717) is 13.0 Å². The smallest absolute Gasteiger partial charge is 0.244 e. The molecule has 3 aromatic heterocycles. The summed E-state index contributed by atoms with van der Waals surface area (Å²) in [4.78, 5) is 18.5. The summed E-state index contributed by atoms with van der Waals surface area (Å²) >= 11 is 0. The maximum absolute atomic E-state index is 12.4. The Morgan fingerprint density at radius 2 is 2.04 bits per heavy atom. The number of anilines is 1. The first-order chi connectivity index (χ1) is 13.7. The molecule has 4 heterocycles. The van der Waals surface area contributed by atoms with Crippen LogP contribution in [0.15, 0.2) is 42.9 Å². The molecule has 6 heteroatoms. The molecule has 28 heavy (non-hydrogen) atoms. The van der Waals surface area contributed by atoms with Crippen molar-refractivity contribution in [1.82, 2.24) is 14.6 Å². The normalized spacial score (nSPS) is 17.9. The molecule has 5 rings (SSSR count). The Kier molecular flexibility index (Phi) is 5.07. The van der Waals surface area contributed by atoms with E-state index in [1.807, 2.05) is 36.7 Å². The Bertz CT molecular complexity index is 1030. The summed E-state index contributed by atoms with van der Waals surface area (Å²) in [5.41, 5.74) is 4.71. The molecule has 0 radical (unpaired) electrons. The number of hydrogen-bond donors (Lipinski definition) is 0. The van der Waals surface area contributed by atoms with Crippen molar-refractivity contribution in [2.45, 2.75) is 39.0 Å². The minimum absolute atomic E-state index is 0.132. The number of rotatable bonds is 3. The highest BCUT2D eigenvalue weighted by Gasteiger charge is 2.33. The highest BCUT2D eigenvalue weighted by molar-refractivity contribution is 6.02. The number of hydrogen-bond acceptors (Lipinski definition) is 4. The third-order valence-corrected chi connectivity index (χ3v) is 5.01. The molecular formula is C22H23N5O. The van der Waals surface area contributed by atoms with Crippen molar-refractivity contribution < 1.29 is 4.79 Å². The van der Waals surface area contributed by atoms with Crippen molar-refractivity contribution in [1.29, 1.82) is 5.26 Å². The fourth-order valence-electron chi connectivity index (χ4n) is 3.23. The summed E-state index contributed by atoms with van der Waals surface area (Å²) in [6.45, 7) is 2.64. The topological polar surface area (TPSA) is 74.3 Å². The summed E-state index contributed by atoms with van der Waals surface area (Å²) in [5, 5.41) is 13.4. The standard InChI is InChI=1S/C19H17N5O.C3H6/c1-2-16-4-3-14(11-21-16)15-9-18-17(5-7-22-24(18)12-15)23-8-6-13(10-20)19(23)25;1-2-3-1/h3-5,7,9,11-13H,2,6,8H2,1H3;1-3H2. The van der Waals surface area contributed by atoms with Gasteiger partial charge in [-0.2, -0.15) is 10.4 Å². The highest BCUT2D eigenvalue weighted by Crippen LogP contribution is 2.31. The van der Waals surface area contributed by atoms with Gasteiger partial charge in [0, 0.05) is 42.0 Å². The van der Waals surface area contributed by atoms with Crippen LogP contribution in [-0.2, 0) is 11.2 Å². The second-order valence-electron chi connectivity index (χ2n) is 7.19. The van der Waals surface area contributed by atoms with Gasteiger partial charge < -0.3 is 4.90 Å². The Hall–Kier alpha value is -3.20. The molecule has 1 saturated carbocycles. The number of nitriles is 1. The van der Waals surface area contributed by atoms with Crippen LogP contribution in [-0.4, -0.2) is 27.0 Å². The summed E-state index contributed by atoms with van der Waals surface area (Å²) in [7, 11) is 0. The van der Waals surface area contributed by atoms with E-state index in [0.717, 1.165) is 34.4 Å². The molecule has 1 aliphatic carbocycles. The van der Waals surface area contributed by atoms with Gasteiger partial charge in [0.25, 0.3) is 0 Å². The van der Waals surface area contributed by atoms with E-state index < -0.39 is 5.92 Å². The van der Waals surface area contributed by atoms with Gasteiger partial charge in [0.2, 0.25) is 5.91 Å². The molecule has 0 spiro atoms. The molecule has 0 aromatic carbocycles. The van der Waals surface area contributed by atoms with E-state index in [-0.39, 0.29) is 5.91 Å². The summed E-state index contributed by atoms with van der Waals surface area (Å²) in [5.74, 6) is -0.680. The lowest BCUT2D eigenvalue weighted by atomic mass is 10.1. The second-order valence-corrected chi connectivity index (χ2v) is 7.19. The van der Waals surface area contributed by atoms with Crippen LogP contribution in [0.3, 0.4) is 0 Å². The molecule has 6 nitrogen and oxygen atoms in total. The molecule has 1 aliphatic heterocycles. The molecule has 3 aromatic rings. The first kappa shape index (κ1) is 18.2. The van der Waals surface area contributed by atoms with Crippen LogP contribution in [0.4, 0.5) is 5.69 Å². The molecule has 1 amide bonds. The van der Waals surface area contributed by atoms with Crippen molar-refractivity contribution in [2.24, 2.45) is 5.92 Å². The monoisotopic (exact) mass is 373 g/mol. The minimum atomic E-state index is -0.548. The van der Waals surface area contributed by atoms with E-state index in [4.69, 9.17) is 5.26 Å². The Morgan fingerprint density at radius 3 is 2.64 bits per heavy atom. The number of carbonyl (C=O) groups excluding carboxylic acids is 1. The predicted molar refractivity (Wildman–Crippen MR) is 108 cm³/mol. The van der Waals surface area contributed by atoms with Gasteiger partial charge in [0.05, 0.1) is 17.3 Å². The molecule has 1 saturated heterocycles. The Balaban J connectivity index is 0.000000586. The maximum Gasteiger partial charge on any atom is 0.244 e. The third kappa shape index (κ3) is 3.61. The number of fused-ring (bicyclic) bond motifs is 1. The zero-order valence-corrected chi connectivity index (χ0v) is 16.0. The van der Waals surface area contributed by atoms with Crippen LogP contribution in [0.25, 0.3) is 16.6 Å². The summed E-state index contributed by atoms with van der Waals surface area (Å²) in [6.07, 6.45) is 11.4. The van der Waals surface area contributed by atoms with Gasteiger partial charge in [-0.1, -0.05) is 32.3 Å². The molecular weight excluding hydrogens is 350 g/mol. The number of amides is 1. The van der Waals surface area contributed by atoms with Crippen molar-refractivity contribution in [2.75, 3.05) is 11.4 Å². The lowest BCUT2D eigenvalue weighted by molar-refractivity contribution is -0.118. The SMILES string of the molecule is C1CC1.CCc1ccc(-c2cc3c(N4CCC(C#N)C4=O)ccnn3c2)cn1. The van der Waals surface area contributed by atoms with Crippen molar-refractivity contribution >= 4 is 17.1 Å². The molecule has 0 N–H and O–H groups in total. The van der Waals surface area contributed by atoms with Crippen LogP contribution < -0.4 is 4.90 Å². The molecule has 1 unspecified atom stereocenters. The quantitative estimate of drug-likeness (QED) is 0.695. The van der Waals surface area contributed by atoms with Gasteiger partial charge in [-0.15, -0.1) is 0 Å². The lowest BCUT2D eigenvalue weighted by Crippen LogP contribution is -2.27. The summed E-state index contributed by atoms with van der Waals surface area (Å²) in [6, 6.07) is 9.99. The highest BCUT2D eigenvalue weighted by atomic mass is 16.2. The van der Waals surface area contributed by atoms with E-state index in [9.17, 15) is 4.79 Å². The van der Waals surface area contributed by atoms with Crippen LogP contribution in [0.1, 0.15) is 38.3 Å². The second kappa shape index (κ2) is 7.81. The fourth-order valence-corrected chi connectivity index (χ4v) is 3.23. The molecule has 2 fully saturated rings. The number of pyridine rings is 1. The van der Waals surface area contributed by atoms with Crippen molar-refractivity contribution in [3.05, 3.63) is 48.5 Å². The molecule has 142 valence electrons. The first-order valence-corrected chi connectivity index (χ1v) is 9.85. The Morgan fingerprint density at radius 1 is 1.21 bits per heavy atom. The number of aryl methyl sites for hydroxylation is 1. The average Bonchev–Trinajstić information content (AvgIpc) is 3.48. The van der Waals surface area contributed by atoms with Crippen molar-refractivity contribution in [3.8, 4) is 17.2 Å². The minimum Gasteiger partial charge on any atom is -0.309 e. The van der Waals surface area contributed by atoms with Crippen molar-refractivity contribution in [3.63, 3.8) is 0 Å². The first-order valence-electron chi connectivity index (χ1n) is 9.85. The zero-order valence-electron chi connectivity index (χ0n) is 16.0. The van der Waals surface area contributed by atoms with E-state index in [2.05, 4.69) is 23.1 Å². The van der Waals surface area contributed by atoms with Crippen LogP contribution in [0.2, 0.25) is 0 Å². The molecule has 1 atom stereocenters. The lowest BCUT2D eigenvalue weighted by Gasteiger charge is -2.16. The van der Waals surface area contributed by atoms with Gasteiger partial charge >= 0.3 is 0 Å². The average molecular weight is 373 g/mol. The van der Waals surface area contributed by atoms with Crippen LogP contribution >= 0.6 is 0 Å². The fraction of sp³-hybridized carbons (Fsp3) is 0.364. The van der Waals surface area contributed by atoms with Crippen LogP contribution in [0, 0.1) is 17.2 Å². The van der Waals surface area contributed by atoms with E-state index in [1.54, 1.807) is 15.6 Å². The van der Waals surface area contributed by atoms with Gasteiger partial charge in [0.1, 0.15) is 5.92 Å². The Labute approximate surface area is 164 Å². The third-order valence-electron chi connectivity index (χ3n) is 5.01. The zero-order chi connectivity index (χ0) is 19.5. The van der Waals surface area contributed by atoms with Gasteiger partial charge in [0.15, 0.2) is 0 Å². The van der Waals surface area contributed by atoms with E-state index in [1.165, 1.54) is 19.3 Å². The largest absolute Gasteiger partial charge is 0.309 e. The summed E-state index contributed by atoms with van der Waals surface area (Å²) < 4.78 is 1.77. The molecule has 0 bridgehead atoms. The van der Waals surface area contributed by atoms with Gasteiger partial charge in [-0.05, 0) is 31.0 Å². The molecule has 2 aliphatic rings. The number of nitrogens with zero attached hydrogens (tertiary/aromatic N) is 5. The number of carbonyl (C=O) groups is 1. The van der Waals surface area contributed by atoms with Crippen LogP contribution in [0.5, 0.6) is 0 Å². The van der Waals surface area contributed by atoms with E-state index >= 15 is 0 Å². The van der Waals surface area contributed by atoms with Gasteiger partial charge in [-0.3, -0.25) is 9.78 Å². The maximum atomic E-state index is 12.4. The number of aromatic nitrogens is 3.